The van der Waals surface area contributed by atoms with E-state index in [4.69, 9.17) is 4.74 Å². The van der Waals surface area contributed by atoms with Gasteiger partial charge in [-0.2, -0.15) is 5.10 Å². The van der Waals surface area contributed by atoms with Crippen LogP contribution in [0.3, 0.4) is 0 Å². The number of nitro groups is 1. The van der Waals surface area contributed by atoms with E-state index in [0.29, 0.717) is 12.2 Å². The van der Waals surface area contributed by atoms with Crippen LogP contribution in [0, 0.1) is 10.1 Å². The second-order valence-corrected chi connectivity index (χ2v) is 5.49. The minimum absolute atomic E-state index is 0.0181. The first-order valence-electron chi connectivity index (χ1n) is 7.35. The lowest BCUT2D eigenvalue weighted by Gasteiger charge is -2.24. The number of Topliss-reactive ketones (excluding diaryl/α,β-unsaturated/α-hetero) is 1. The molecule has 8 heteroatoms. The third-order valence-corrected chi connectivity index (χ3v) is 3.36. The number of hydrogen-bond acceptors (Lipinski definition) is 6. The number of non-ortho nitro benzene ring substituents is 1. The van der Waals surface area contributed by atoms with Crippen LogP contribution in [0.15, 0.2) is 36.9 Å². The fourth-order valence-electron chi connectivity index (χ4n) is 2.15. The van der Waals surface area contributed by atoms with E-state index in [1.807, 2.05) is 6.92 Å². The minimum atomic E-state index is -1.03. The van der Waals surface area contributed by atoms with E-state index in [2.05, 4.69) is 10.1 Å². The zero-order valence-corrected chi connectivity index (χ0v) is 13.7. The molecule has 0 saturated carbocycles. The molecule has 0 bridgehead atoms. The molecule has 0 aliphatic rings. The van der Waals surface area contributed by atoms with Crippen LogP contribution in [0.25, 0.3) is 11.8 Å². The Bertz CT molecular complexity index is 749. The van der Waals surface area contributed by atoms with Crippen molar-refractivity contribution in [3.63, 3.8) is 0 Å². The molecule has 24 heavy (non-hydrogen) atoms. The van der Waals surface area contributed by atoms with Gasteiger partial charge in [0.15, 0.2) is 0 Å². The molecule has 0 atom stereocenters. The third-order valence-electron chi connectivity index (χ3n) is 3.36. The lowest BCUT2D eigenvalue weighted by atomic mass is 9.99. The van der Waals surface area contributed by atoms with E-state index in [0.717, 1.165) is 0 Å². The summed E-state index contributed by atoms with van der Waals surface area (Å²) in [6.45, 7) is 5.56. The van der Waals surface area contributed by atoms with Crippen LogP contribution >= 0.6 is 0 Å². The van der Waals surface area contributed by atoms with Crippen molar-refractivity contribution in [2.75, 3.05) is 6.61 Å². The first-order chi connectivity index (χ1) is 11.3. The van der Waals surface area contributed by atoms with Gasteiger partial charge < -0.3 is 4.74 Å². The number of aromatic nitrogens is 3. The summed E-state index contributed by atoms with van der Waals surface area (Å²) in [5.74, 6) is -0.270. The molecule has 2 aromatic rings. The Balaban J connectivity index is 2.43. The van der Waals surface area contributed by atoms with Gasteiger partial charge in [0.1, 0.15) is 24.0 Å². The highest BCUT2D eigenvalue weighted by atomic mass is 16.6. The fraction of sp³-hybridized carbons (Fsp3) is 0.312. The number of hydrogen-bond donors (Lipinski definition) is 0. The molecule has 8 nitrogen and oxygen atoms in total. The Morgan fingerprint density at radius 1 is 1.38 bits per heavy atom. The largest absolute Gasteiger partial charge is 0.368 e. The second kappa shape index (κ2) is 7.14. The number of carbonyl (C=O) groups is 1. The van der Waals surface area contributed by atoms with Gasteiger partial charge in [-0.05, 0) is 44.5 Å². The van der Waals surface area contributed by atoms with Crippen LogP contribution in [0.2, 0.25) is 0 Å². The van der Waals surface area contributed by atoms with Gasteiger partial charge in [-0.15, -0.1) is 0 Å². The van der Waals surface area contributed by atoms with Crippen molar-refractivity contribution in [1.82, 2.24) is 14.8 Å². The van der Waals surface area contributed by atoms with Crippen LogP contribution in [0.5, 0.6) is 0 Å². The van der Waals surface area contributed by atoms with Crippen LogP contribution in [-0.4, -0.2) is 37.7 Å². The smallest absolute Gasteiger partial charge is 0.269 e. The quantitative estimate of drug-likeness (QED) is 0.439. The van der Waals surface area contributed by atoms with Gasteiger partial charge in [0.2, 0.25) is 5.78 Å². The number of ether oxygens (including phenoxy) is 1. The van der Waals surface area contributed by atoms with E-state index < -0.39 is 10.5 Å². The van der Waals surface area contributed by atoms with Crippen LogP contribution < -0.4 is 0 Å². The number of carbonyl (C=O) groups excluding carboxylic acids is 1. The Kier molecular flexibility index (Phi) is 5.20. The van der Waals surface area contributed by atoms with Gasteiger partial charge in [-0.1, -0.05) is 0 Å². The normalized spacial score (nSPS) is 12.2. The Morgan fingerprint density at radius 2 is 2.04 bits per heavy atom. The Hall–Kier alpha value is -2.87. The monoisotopic (exact) mass is 330 g/mol. The summed E-state index contributed by atoms with van der Waals surface area (Å²) < 4.78 is 6.87. The van der Waals surface area contributed by atoms with Crippen molar-refractivity contribution >= 4 is 23.2 Å². The molecular formula is C16H18N4O4. The molecule has 1 heterocycles. The second-order valence-electron chi connectivity index (χ2n) is 5.49. The Labute approximate surface area is 138 Å². The van der Waals surface area contributed by atoms with Crippen LogP contribution in [0.4, 0.5) is 5.69 Å². The topological polar surface area (TPSA) is 100 Å². The first-order valence-corrected chi connectivity index (χ1v) is 7.35. The zero-order valence-electron chi connectivity index (χ0n) is 13.7. The number of ketones is 1. The van der Waals surface area contributed by atoms with E-state index in [9.17, 15) is 14.9 Å². The molecule has 0 amide bonds. The summed E-state index contributed by atoms with van der Waals surface area (Å²) in [5, 5.41) is 14.7. The van der Waals surface area contributed by atoms with E-state index >= 15 is 0 Å². The van der Waals surface area contributed by atoms with Gasteiger partial charge in [0.05, 0.1) is 4.92 Å². The molecule has 0 aliphatic heterocycles. The highest BCUT2D eigenvalue weighted by Gasteiger charge is 2.32. The molecule has 0 spiro atoms. The highest BCUT2D eigenvalue weighted by molar-refractivity contribution is 6.23. The van der Waals surface area contributed by atoms with Crippen molar-refractivity contribution in [3.05, 3.63) is 52.6 Å². The molecule has 0 fully saturated rings. The van der Waals surface area contributed by atoms with E-state index in [1.165, 1.54) is 29.5 Å². The summed E-state index contributed by atoms with van der Waals surface area (Å²) in [6, 6.07) is 5.89. The average molecular weight is 330 g/mol. The number of benzene rings is 1. The standard InChI is InChI=1S/C16H18N4O4/c1-4-24-16(2,3)15(21)14(19-11-17-10-18-19)9-12-5-7-13(8-6-12)20(22)23/h5-11H,4H2,1-3H3. The van der Waals surface area contributed by atoms with Crippen LogP contribution in [0.1, 0.15) is 26.3 Å². The maximum atomic E-state index is 12.8. The minimum Gasteiger partial charge on any atom is -0.368 e. The van der Waals surface area contributed by atoms with Crippen molar-refractivity contribution in [2.45, 2.75) is 26.4 Å². The lowest BCUT2D eigenvalue weighted by Crippen LogP contribution is -2.37. The Morgan fingerprint density at radius 3 is 2.54 bits per heavy atom. The third kappa shape index (κ3) is 3.90. The van der Waals surface area contributed by atoms with Gasteiger partial charge in [-0.25, -0.2) is 9.67 Å². The maximum Gasteiger partial charge on any atom is 0.269 e. The molecule has 0 N–H and O–H groups in total. The van der Waals surface area contributed by atoms with Gasteiger partial charge >= 0.3 is 0 Å². The van der Waals surface area contributed by atoms with Crippen molar-refractivity contribution in [2.24, 2.45) is 0 Å². The summed E-state index contributed by atoms with van der Waals surface area (Å²) in [7, 11) is 0. The molecule has 0 unspecified atom stereocenters. The van der Waals surface area contributed by atoms with Gasteiger partial charge in [-0.3, -0.25) is 14.9 Å². The predicted molar refractivity (Wildman–Crippen MR) is 88.0 cm³/mol. The van der Waals surface area contributed by atoms with Crippen molar-refractivity contribution in [3.8, 4) is 0 Å². The molecule has 1 aromatic heterocycles. The molecular weight excluding hydrogens is 312 g/mol. The lowest BCUT2D eigenvalue weighted by molar-refractivity contribution is -0.384. The van der Waals surface area contributed by atoms with E-state index in [-0.39, 0.29) is 17.2 Å². The number of nitrogens with zero attached hydrogens (tertiary/aromatic N) is 4. The van der Waals surface area contributed by atoms with Crippen molar-refractivity contribution < 1.29 is 14.5 Å². The van der Waals surface area contributed by atoms with Gasteiger partial charge in [0, 0.05) is 18.7 Å². The number of nitro benzene ring substituents is 1. The molecule has 126 valence electrons. The van der Waals surface area contributed by atoms with Crippen molar-refractivity contribution in [1.29, 1.82) is 0 Å². The van der Waals surface area contributed by atoms with Crippen LogP contribution in [-0.2, 0) is 9.53 Å². The molecule has 1 aromatic carbocycles. The summed E-state index contributed by atoms with van der Waals surface area (Å²) in [4.78, 5) is 27.0. The van der Waals surface area contributed by atoms with E-state index in [1.54, 1.807) is 32.1 Å². The molecule has 0 saturated heterocycles. The first kappa shape index (κ1) is 17.5. The zero-order chi connectivity index (χ0) is 17.7. The predicted octanol–water partition coefficient (Wildman–Crippen LogP) is 2.57. The summed E-state index contributed by atoms with van der Waals surface area (Å²) in [6.07, 6.45) is 4.34. The number of rotatable bonds is 7. The highest BCUT2D eigenvalue weighted by Crippen LogP contribution is 2.22. The average Bonchev–Trinajstić information content (AvgIpc) is 3.06. The molecule has 2 rings (SSSR count). The fourth-order valence-corrected chi connectivity index (χ4v) is 2.15. The van der Waals surface area contributed by atoms with Gasteiger partial charge in [0.25, 0.3) is 5.69 Å². The molecule has 0 radical (unpaired) electrons. The summed E-state index contributed by atoms with van der Waals surface area (Å²) in [5.41, 5.74) is -0.158. The molecule has 0 aliphatic carbocycles. The SMILES string of the molecule is CCOC(C)(C)C(=O)C(=Cc1ccc([N+](=O)[O-])cc1)n1cncn1. The maximum absolute atomic E-state index is 12.8. The summed E-state index contributed by atoms with van der Waals surface area (Å²) >= 11 is 0.